The van der Waals surface area contributed by atoms with Gasteiger partial charge in [-0.05, 0) is 12.1 Å². The highest BCUT2D eigenvalue weighted by molar-refractivity contribution is 5.87. The lowest BCUT2D eigenvalue weighted by molar-refractivity contribution is -0.149. The molecular formula is C20H25N5O10. The zero-order valence-electron chi connectivity index (χ0n) is 18.3. The number of aliphatic hydroxyl groups excluding tert-OH is 3. The number of aromatic nitrogens is 3. The fourth-order valence-corrected chi connectivity index (χ4v) is 3.63. The van der Waals surface area contributed by atoms with Gasteiger partial charge in [0, 0.05) is 18.2 Å². The van der Waals surface area contributed by atoms with E-state index in [1.54, 1.807) is 0 Å². The minimum Gasteiger partial charge on any atom is -0.506 e. The monoisotopic (exact) mass is 495 g/mol. The van der Waals surface area contributed by atoms with Crippen molar-refractivity contribution < 1.29 is 39.9 Å². The summed E-state index contributed by atoms with van der Waals surface area (Å²) in [5, 5.41) is 52.3. The van der Waals surface area contributed by atoms with Crippen LogP contribution in [0.2, 0.25) is 0 Å². The molecule has 2 aromatic rings. The lowest BCUT2D eigenvalue weighted by atomic mass is 9.92. The Morgan fingerprint density at radius 3 is 2.49 bits per heavy atom. The Labute approximate surface area is 196 Å². The van der Waals surface area contributed by atoms with E-state index in [1.165, 1.54) is 19.1 Å². The van der Waals surface area contributed by atoms with Crippen molar-refractivity contribution in [1.29, 1.82) is 0 Å². The number of H-pyrrole nitrogens is 1. The molecule has 0 aliphatic carbocycles. The number of hydrogen-bond acceptors (Lipinski definition) is 11. The van der Waals surface area contributed by atoms with E-state index < -0.39 is 71.8 Å². The minimum atomic E-state index is -1.90. The van der Waals surface area contributed by atoms with Crippen molar-refractivity contribution >= 4 is 11.9 Å². The molecule has 1 aliphatic heterocycles. The van der Waals surface area contributed by atoms with E-state index in [9.17, 15) is 44.7 Å². The van der Waals surface area contributed by atoms with Crippen LogP contribution in [0.15, 0.2) is 40.2 Å². The molecule has 0 saturated carbocycles. The number of aromatic amines is 1. The first-order valence-electron chi connectivity index (χ1n) is 10.4. The smallest absolute Gasteiger partial charge is 0.330 e. The molecule has 0 aromatic carbocycles. The second kappa shape index (κ2) is 10.3. The molecule has 0 bridgehead atoms. The minimum absolute atomic E-state index is 0.111. The van der Waals surface area contributed by atoms with Gasteiger partial charge < -0.3 is 41.3 Å². The number of carboxylic acid groups (broad SMARTS) is 1. The predicted molar refractivity (Wildman–Crippen MR) is 115 cm³/mol. The summed E-state index contributed by atoms with van der Waals surface area (Å²) in [6.07, 6.45) is -6.15. The third-order valence-corrected chi connectivity index (χ3v) is 5.73. The molecule has 0 spiro atoms. The molecule has 3 rings (SSSR count). The number of rotatable bonds is 8. The van der Waals surface area contributed by atoms with Gasteiger partial charge in [-0.1, -0.05) is 6.92 Å². The van der Waals surface area contributed by atoms with Crippen molar-refractivity contribution in [2.45, 2.75) is 49.7 Å². The average Bonchev–Trinajstić information content (AvgIpc) is 3.10. The van der Waals surface area contributed by atoms with Gasteiger partial charge in [0.1, 0.15) is 30.2 Å². The van der Waals surface area contributed by atoms with Gasteiger partial charge in [-0.3, -0.25) is 24.1 Å². The number of carboxylic acids is 1. The third kappa shape index (κ3) is 5.39. The number of aromatic hydroxyl groups is 1. The lowest BCUT2D eigenvalue weighted by Crippen LogP contribution is -2.57. The van der Waals surface area contributed by atoms with Crippen LogP contribution in [-0.4, -0.2) is 82.3 Å². The summed E-state index contributed by atoms with van der Waals surface area (Å²) in [7, 11) is 0. The lowest BCUT2D eigenvalue weighted by Gasteiger charge is -2.28. The summed E-state index contributed by atoms with van der Waals surface area (Å²) in [4.78, 5) is 53.7. The van der Waals surface area contributed by atoms with Gasteiger partial charge in [-0.15, -0.1) is 0 Å². The Hall–Kier alpha value is -3.63. The fraction of sp³-hybridized carbons (Fsp3) is 0.450. The highest BCUT2D eigenvalue weighted by Gasteiger charge is 2.50. The summed E-state index contributed by atoms with van der Waals surface area (Å²) < 4.78 is 6.16. The average molecular weight is 495 g/mol. The standard InChI is InChI=1S/C20H25N5O10/c1-7(13(28)9-3-2-8(26)6-22-9)11(21)17(31)24-12(19(32)33)16-14(29)15(30)18(35-16)25-5-4-10(27)23-20(25)34/h2-7,11-16,18,26,28-30H,21H2,1H3,(H,24,31)(H,32,33)(H,23,27,34)/t7-,11-,12-,13-,14-,15-,16+,18+/m0/s1. The number of pyridine rings is 1. The van der Waals surface area contributed by atoms with Gasteiger partial charge in [0.05, 0.1) is 17.9 Å². The number of hydrogen-bond donors (Lipinski definition) is 8. The van der Waals surface area contributed by atoms with E-state index in [2.05, 4.69) is 10.3 Å². The quantitative estimate of drug-likeness (QED) is 0.178. The summed E-state index contributed by atoms with van der Waals surface area (Å²) in [6.45, 7) is 1.42. The first-order chi connectivity index (χ1) is 16.4. The van der Waals surface area contributed by atoms with Gasteiger partial charge >= 0.3 is 11.7 Å². The molecule has 3 heterocycles. The molecule has 190 valence electrons. The van der Waals surface area contributed by atoms with Gasteiger partial charge in [0.15, 0.2) is 12.3 Å². The molecule has 2 aromatic heterocycles. The van der Waals surface area contributed by atoms with Gasteiger partial charge in [0.25, 0.3) is 5.56 Å². The molecule has 0 radical (unpaired) electrons. The summed E-state index contributed by atoms with van der Waals surface area (Å²) >= 11 is 0. The molecule has 15 heteroatoms. The zero-order valence-corrected chi connectivity index (χ0v) is 18.3. The Morgan fingerprint density at radius 1 is 1.23 bits per heavy atom. The number of nitrogens with two attached hydrogens (primary N) is 1. The first-order valence-corrected chi connectivity index (χ1v) is 10.4. The van der Waals surface area contributed by atoms with Crippen LogP contribution in [-0.2, 0) is 14.3 Å². The second-order valence-electron chi connectivity index (χ2n) is 8.09. The third-order valence-electron chi connectivity index (χ3n) is 5.73. The Kier molecular flexibility index (Phi) is 7.67. The topological polar surface area (TPSA) is 250 Å². The van der Waals surface area contributed by atoms with Crippen molar-refractivity contribution in [3.05, 3.63) is 57.1 Å². The number of nitrogens with one attached hydrogen (secondary N) is 2. The number of ether oxygens (including phenoxy) is 1. The van der Waals surface area contributed by atoms with Gasteiger partial charge in [-0.2, -0.15) is 0 Å². The molecule has 1 aliphatic rings. The number of aliphatic carboxylic acids is 1. The Balaban J connectivity index is 1.76. The molecule has 1 saturated heterocycles. The predicted octanol–water partition coefficient (Wildman–Crippen LogP) is -3.48. The van der Waals surface area contributed by atoms with Crippen LogP contribution in [0, 0.1) is 5.92 Å². The second-order valence-corrected chi connectivity index (χ2v) is 8.09. The largest absolute Gasteiger partial charge is 0.506 e. The fourth-order valence-electron chi connectivity index (χ4n) is 3.63. The highest BCUT2D eigenvalue weighted by atomic mass is 16.6. The molecule has 35 heavy (non-hydrogen) atoms. The molecule has 8 atom stereocenters. The van der Waals surface area contributed by atoms with Crippen LogP contribution in [0.3, 0.4) is 0 Å². The van der Waals surface area contributed by atoms with E-state index in [-0.39, 0.29) is 11.4 Å². The van der Waals surface area contributed by atoms with Crippen LogP contribution in [0.1, 0.15) is 24.9 Å². The molecule has 9 N–H and O–H groups in total. The van der Waals surface area contributed by atoms with Crippen LogP contribution < -0.4 is 22.3 Å². The molecule has 1 fully saturated rings. The van der Waals surface area contributed by atoms with Crippen LogP contribution in [0.5, 0.6) is 5.75 Å². The molecular weight excluding hydrogens is 470 g/mol. The molecule has 15 nitrogen and oxygen atoms in total. The maximum atomic E-state index is 12.7. The van der Waals surface area contributed by atoms with Crippen molar-refractivity contribution in [2.24, 2.45) is 11.7 Å². The normalized spacial score (nSPS) is 25.4. The van der Waals surface area contributed by atoms with Crippen molar-refractivity contribution in [2.75, 3.05) is 0 Å². The summed E-state index contributed by atoms with van der Waals surface area (Å²) in [6, 6.07) is 0.215. The molecule has 0 unspecified atom stereocenters. The van der Waals surface area contributed by atoms with E-state index in [0.717, 1.165) is 23.0 Å². The number of aliphatic hydroxyl groups is 3. The van der Waals surface area contributed by atoms with Crippen molar-refractivity contribution in [3.63, 3.8) is 0 Å². The van der Waals surface area contributed by atoms with Gasteiger partial charge in [0.2, 0.25) is 5.91 Å². The number of amides is 1. The SMILES string of the molecule is C[C@@H]([C@H](N)C(=O)N[C@H](C(=O)O)[C@H]1O[C@@H](n2ccc(=O)[nH]c2=O)[C@@H](O)[C@@H]1O)[C@H](O)c1ccc(O)cn1. The van der Waals surface area contributed by atoms with Crippen LogP contribution >= 0.6 is 0 Å². The van der Waals surface area contributed by atoms with E-state index in [4.69, 9.17) is 10.5 Å². The Morgan fingerprint density at radius 2 is 1.91 bits per heavy atom. The summed E-state index contributed by atoms with van der Waals surface area (Å²) in [5.41, 5.74) is 4.33. The summed E-state index contributed by atoms with van der Waals surface area (Å²) in [5.74, 6) is -3.75. The first kappa shape index (κ1) is 26.0. The zero-order chi connectivity index (χ0) is 26.0. The van der Waals surface area contributed by atoms with E-state index in [0.29, 0.717) is 0 Å². The van der Waals surface area contributed by atoms with Crippen molar-refractivity contribution in [3.8, 4) is 5.75 Å². The van der Waals surface area contributed by atoms with E-state index >= 15 is 0 Å². The van der Waals surface area contributed by atoms with Gasteiger partial charge in [-0.25, -0.2) is 9.59 Å². The van der Waals surface area contributed by atoms with E-state index in [1.807, 2.05) is 4.98 Å². The maximum absolute atomic E-state index is 12.7. The van der Waals surface area contributed by atoms with Crippen molar-refractivity contribution in [1.82, 2.24) is 19.9 Å². The maximum Gasteiger partial charge on any atom is 0.330 e. The number of carbonyl (C=O) groups is 2. The van der Waals surface area contributed by atoms with Crippen LogP contribution in [0.25, 0.3) is 0 Å². The number of carbonyl (C=O) groups excluding carboxylic acids is 1. The molecule has 1 amide bonds. The highest BCUT2D eigenvalue weighted by Crippen LogP contribution is 2.30. The Bertz CT molecular complexity index is 1180. The number of nitrogens with zero attached hydrogens (tertiary/aromatic N) is 2. The van der Waals surface area contributed by atoms with Crippen LogP contribution in [0.4, 0.5) is 0 Å².